The molecule has 0 aliphatic rings. The molecule has 7 nitrogen and oxygen atoms in total. The summed E-state index contributed by atoms with van der Waals surface area (Å²) >= 11 is 0. The van der Waals surface area contributed by atoms with Gasteiger partial charge in [0.2, 0.25) is 0 Å². The number of nitrogens with zero attached hydrogens (tertiary/aromatic N) is 3. The summed E-state index contributed by atoms with van der Waals surface area (Å²) in [5, 5.41) is 35.9. The molecule has 24 heavy (non-hydrogen) atoms. The van der Waals surface area contributed by atoms with Crippen molar-refractivity contribution in [1.29, 1.82) is 0 Å². The molecule has 3 N–H and O–H groups in total. The summed E-state index contributed by atoms with van der Waals surface area (Å²) in [6, 6.07) is 5.70. The molecule has 0 aliphatic carbocycles. The van der Waals surface area contributed by atoms with E-state index in [9.17, 15) is 19.4 Å². The van der Waals surface area contributed by atoms with Crippen LogP contribution >= 0.6 is 0 Å². The molecule has 2 atom stereocenters. The Balaban J connectivity index is 2.13. The van der Waals surface area contributed by atoms with Crippen molar-refractivity contribution < 1.29 is 24.5 Å². The quantitative estimate of drug-likeness (QED) is 0.704. The number of hydrogen-bond donors (Lipinski definition) is 3. The van der Waals surface area contributed by atoms with Gasteiger partial charge in [0.15, 0.2) is 0 Å². The van der Waals surface area contributed by atoms with E-state index in [1.54, 1.807) is 25.1 Å². The first-order chi connectivity index (χ1) is 11.4. The lowest BCUT2D eigenvalue weighted by molar-refractivity contribution is -0.139. The Labute approximate surface area is 137 Å². The number of carboxylic acid groups (broad SMARTS) is 1. The molecule has 0 bridgehead atoms. The lowest BCUT2D eigenvalue weighted by Crippen LogP contribution is -2.19. The van der Waals surface area contributed by atoms with E-state index in [1.165, 1.54) is 22.9 Å². The van der Waals surface area contributed by atoms with Crippen LogP contribution in [0.5, 0.6) is 0 Å². The second-order valence-electron chi connectivity index (χ2n) is 5.36. The number of aliphatic carboxylic acids is 1. The molecule has 8 heteroatoms. The fourth-order valence-corrected chi connectivity index (χ4v) is 2.17. The van der Waals surface area contributed by atoms with E-state index >= 15 is 0 Å². The van der Waals surface area contributed by atoms with Gasteiger partial charge in [-0.3, -0.25) is 4.79 Å². The second kappa shape index (κ2) is 7.80. The van der Waals surface area contributed by atoms with Gasteiger partial charge in [0.1, 0.15) is 5.82 Å². The van der Waals surface area contributed by atoms with Crippen LogP contribution in [0.25, 0.3) is 11.8 Å². The SMILES string of the molecule is Cc1nnn(-c2ccc(F)cc2)c1C=CC(O)CC(O)CC(=O)O. The fourth-order valence-electron chi connectivity index (χ4n) is 2.17. The predicted octanol–water partition coefficient (Wildman–Crippen LogP) is 1.31. The number of hydrogen-bond acceptors (Lipinski definition) is 5. The van der Waals surface area contributed by atoms with Gasteiger partial charge in [0.25, 0.3) is 0 Å². The highest BCUT2D eigenvalue weighted by Gasteiger charge is 2.14. The Morgan fingerprint density at radius 3 is 2.62 bits per heavy atom. The van der Waals surface area contributed by atoms with Crippen LogP contribution in [0.15, 0.2) is 30.3 Å². The number of benzene rings is 1. The van der Waals surface area contributed by atoms with Crippen LogP contribution in [0.4, 0.5) is 4.39 Å². The van der Waals surface area contributed by atoms with E-state index in [4.69, 9.17) is 5.11 Å². The molecule has 0 saturated heterocycles. The lowest BCUT2D eigenvalue weighted by Gasteiger charge is -2.10. The Bertz CT molecular complexity index is 727. The Morgan fingerprint density at radius 2 is 2.00 bits per heavy atom. The van der Waals surface area contributed by atoms with Crippen molar-refractivity contribution in [2.75, 3.05) is 0 Å². The Hall–Kier alpha value is -2.58. The van der Waals surface area contributed by atoms with Crippen LogP contribution in [0.2, 0.25) is 0 Å². The van der Waals surface area contributed by atoms with Crippen molar-refractivity contribution in [2.24, 2.45) is 0 Å². The van der Waals surface area contributed by atoms with Gasteiger partial charge in [-0.2, -0.15) is 0 Å². The maximum absolute atomic E-state index is 13.0. The average Bonchev–Trinajstić information content (AvgIpc) is 2.86. The summed E-state index contributed by atoms with van der Waals surface area (Å²) in [4.78, 5) is 10.5. The van der Waals surface area contributed by atoms with Crippen molar-refractivity contribution >= 4 is 12.0 Å². The lowest BCUT2D eigenvalue weighted by atomic mass is 10.1. The molecule has 0 saturated carbocycles. The van der Waals surface area contributed by atoms with E-state index in [2.05, 4.69) is 10.3 Å². The molecule has 128 valence electrons. The monoisotopic (exact) mass is 335 g/mol. The minimum absolute atomic E-state index is 0.0973. The van der Waals surface area contributed by atoms with E-state index in [1.807, 2.05) is 0 Å². The van der Waals surface area contributed by atoms with Crippen molar-refractivity contribution in [1.82, 2.24) is 15.0 Å². The van der Waals surface area contributed by atoms with E-state index in [-0.39, 0.29) is 12.2 Å². The zero-order valence-electron chi connectivity index (χ0n) is 13.0. The molecule has 2 aromatic rings. The standard InChI is InChI=1S/C16H18FN3O4/c1-10-15(7-6-13(21)8-14(22)9-16(23)24)20(19-18-10)12-4-2-11(17)3-5-12/h2-7,13-14,21-22H,8-9H2,1H3,(H,23,24). The molecular formula is C16H18FN3O4. The third-order valence-electron chi connectivity index (χ3n) is 3.35. The summed E-state index contributed by atoms with van der Waals surface area (Å²) in [6.45, 7) is 1.73. The number of aliphatic hydroxyl groups is 2. The van der Waals surface area contributed by atoms with Crippen LogP contribution in [0.3, 0.4) is 0 Å². The van der Waals surface area contributed by atoms with Gasteiger partial charge in [-0.25, -0.2) is 9.07 Å². The second-order valence-corrected chi connectivity index (χ2v) is 5.36. The molecule has 0 radical (unpaired) electrons. The molecule has 1 heterocycles. The molecule has 2 rings (SSSR count). The number of carboxylic acids is 1. The Morgan fingerprint density at radius 1 is 1.33 bits per heavy atom. The van der Waals surface area contributed by atoms with Crippen LogP contribution in [0.1, 0.15) is 24.2 Å². The Kier molecular flexibility index (Phi) is 5.78. The largest absolute Gasteiger partial charge is 0.481 e. The number of rotatable bonds is 7. The van der Waals surface area contributed by atoms with Crippen molar-refractivity contribution in [3.63, 3.8) is 0 Å². The molecule has 0 amide bonds. The summed E-state index contributed by atoms with van der Waals surface area (Å²) in [5.74, 6) is -1.50. The smallest absolute Gasteiger partial charge is 0.305 e. The van der Waals surface area contributed by atoms with Crippen molar-refractivity contribution in [2.45, 2.75) is 32.0 Å². The highest BCUT2D eigenvalue weighted by molar-refractivity contribution is 5.67. The van der Waals surface area contributed by atoms with Gasteiger partial charge in [0, 0.05) is 6.42 Å². The number of carbonyl (C=O) groups is 1. The third kappa shape index (κ3) is 4.71. The number of aromatic nitrogens is 3. The zero-order chi connectivity index (χ0) is 17.7. The summed E-state index contributed by atoms with van der Waals surface area (Å²) in [6.07, 6.45) is 0.325. The molecule has 1 aromatic carbocycles. The first-order valence-corrected chi connectivity index (χ1v) is 7.31. The fraction of sp³-hybridized carbons (Fsp3) is 0.312. The molecule has 0 aliphatic heterocycles. The van der Waals surface area contributed by atoms with Gasteiger partial charge in [-0.05, 0) is 37.3 Å². The minimum Gasteiger partial charge on any atom is -0.481 e. The van der Waals surface area contributed by atoms with Crippen molar-refractivity contribution in [3.05, 3.63) is 47.5 Å². The van der Waals surface area contributed by atoms with Crippen LogP contribution in [0, 0.1) is 12.7 Å². The van der Waals surface area contributed by atoms with E-state index < -0.39 is 24.6 Å². The third-order valence-corrected chi connectivity index (χ3v) is 3.35. The topological polar surface area (TPSA) is 108 Å². The van der Waals surface area contributed by atoms with Crippen LogP contribution < -0.4 is 0 Å². The van der Waals surface area contributed by atoms with Gasteiger partial charge in [0.05, 0.1) is 35.7 Å². The maximum Gasteiger partial charge on any atom is 0.305 e. The first kappa shape index (κ1) is 17.8. The van der Waals surface area contributed by atoms with Gasteiger partial charge < -0.3 is 15.3 Å². The van der Waals surface area contributed by atoms with E-state index in [0.29, 0.717) is 17.1 Å². The van der Waals surface area contributed by atoms with Crippen LogP contribution in [-0.2, 0) is 4.79 Å². The van der Waals surface area contributed by atoms with Crippen molar-refractivity contribution in [3.8, 4) is 5.69 Å². The summed E-state index contributed by atoms with van der Waals surface area (Å²) in [5.41, 5.74) is 1.80. The molecule has 0 spiro atoms. The first-order valence-electron chi connectivity index (χ1n) is 7.31. The van der Waals surface area contributed by atoms with Crippen LogP contribution in [-0.4, -0.2) is 48.5 Å². The summed E-state index contributed by atoms with van der Waals surface area (Å²) < 4.78 is 14.5. The van der Waals surface area contributed by atoms with Gasteiger partial charge in [-0.15, -0.1) is 5.10 Å². The molecule has 2 unspecified atom stereocenters. The van der Waals surface area contributed by atoms with Gasteiger partial charge in [-0.1, -0.05) is 11.3 Å². The highest BCUT2D eigenvalue weighted by atomic mass is 19.1. The zero-order valence-corrected chi connectivity index (χ0v) is 13.0. The maximum atomic E-state index is 13.0. The minimum atomic E-state index is -1.14. The number of halogens is 1. The van der Waals surface area contributed by atoms with Gasteiger partial charge >= 0.3 is 5.97 Å². The van der Waals surface area contributed by atoms with E-state index in [0.717, 1.165) is 0 Å². The molecule has 1 aromatic heterocycles. The highest BCUT2D eigenvalue weighted by Crippen LogP contribution is 2.15. The predicted molar refractivity (Wildman–Crippen MR) is 84.0 cm³/mol. The normalized spacial score (nSPS) is 14.0. The molecule has 0 fully saturated rings. The number of aliphatic hydroxyl groups excluding tert-OH is 2. The number of aryl methyl sites for hydroxylation is 1. The average molecular weight is 335 g/mol. The molecular weight excluding hydrogens is 317 g/mol. The summed E-state index contributed by atoms with van der Waals surface area (Å²) in [7, 11) is 0.